The van der Waals surface area contributed by atoms with Crippen LogP contribution in [0.25, 0.3) is 0 Å². The van der Waals surface area contributed by atoms with Gasteiger partial charge in [-0.25, -0.2) is 4.39 Å². The summed E-state index contributed by atoms with van der Waals surface area (Å²) >= 11 is 6.02. The average molecular weight is 256 g/mol. The normalized spacial score (nSPS) is 19.2. The van der Waals surface area contributed by atoms with Crippen molar-refractivity contribution in [1.29, 1.82) is 0 Å². The molecule has 1 aliphatic carbocycles. The summed E-state index contributed by atoms with van der Waals surface area (Å²) in [6.45, 7) is 0. The molecule has 2 N–H and O–H groups in total. The lowest BCUT2D eigenvalue weighted by molar-refractivity contribution is 0.302. The molecule has 1 aromatic rings. The predicted molar refractivity (Wildman–Crippen MR) is 69.7 cm³/mol. The summed E-state index contributed by atoms with van der Waals surface area (Å²) in [7, 11) is 0. The Kier molecular flexibility index (Phi) is 4.41. The van der Waals surface area contributed by atoms with E-state index in [1.54, 1.807) is 12.1 Å². The maximum Gasteiger partial charge on any atom is 0.127 e. The zero-order valence-electron chi connectivity index (χ0n) is 9.96. The standard InChI is InChI=1S/C14H19ClFN/c15-12-7-4-8-13(16)11(12)9-14(17)10-5-2-1-3-6-10/h4,7-8,10,14H,1-3,5-6,9,17H2. The fourth-order valence-corrected chi connectivity index (χ4v) is 2.93. The SMILES string of the molecule is NC(Cc1c(F)cccc1Cl)C1CCCCC1. The van der Waals surface area contributed by atoms with E-state index in [1.807, 2.05) is 0 Å². The van der Waals surface area contributed by atoms with Gasteiger partial charge in [-0.3, -0.25) is 0 Å². The summed E-state index contributed by atoms with van der Waals surface area (Å²) in [6, 6.07) is 4.85. The number of hydrogen-bond acceptors (Lipinski definition) is 1. The van der Waals surface area contributed by atoms with Gasteiger partial charge in [0.05, 0.1) is 0 Å². The molecule has 2 rings (SSSR count). The first-order valence-electron chi connectivity index (χ1n) is 6.37. The minimum atomic E-state index is -0.233. The van der Waals surface area contributed by atoms with Crippen molar-refractivity contribution in [3.05, 3.63) is 34.6 Å². The minimum Gasteiger partial charge on any atom is -0.327 e. The maximum absolute atomic E-state index is 13.6. The molecule has 1 fully saturated rings. The van der Waals surface area contributed by atoms with E-state index in [0.717, 1.165) is 0 Å². The molecule has 0 amide bonds. The summed E-state index contributed by atoms with van der Waals surface area (Å²) in [4.78, 5) is 0. The first-order chi connectivity index (χ1) is 8.18. The first-order valence-corrected chi connectivity index (χ1v) is 6.74. The Morgan fingerprint density at radius 2 is 2.00 bits per heavy atom. The monoisotopic (exact) mass is 255 g/mol. The first kappa shape index (κ1) is 12.8. The molecule has 1 unspecified atom stereocenters. The molecular weight excluding hydrogens is 237 g/mol. The highest BCUT2D eigenvalue weighted by atomic mass is 35.5. The van der Waals surface area contributed by atoms with Crippen molar-refractivity contribution in [2.24, 2.45) is 11.7 Å². The van der Waals surface area contributed by atoms with E-state index in [2.05, 4.69) is 0 Å². The minimum absolute atomic E-state index is 0.0321. The largest absolute Gasteiger partial charge is 0.327 e. The van der Waals surface area contributed by atoms with Gasteiger partial charge in [-0.2, -0.15) is 0 Å². The van der Waals surface area contributed by atoms with Gasteiger partial charge in [-0.15, -0.1) is 0 Å². The number of hydrogen-bond donors (Lipinski definition) is 1. The van der Waals surface area contributed by atoms with E-state index in [-0.39, 0.29) is 11.9 Å². The molecule has 3 heteroatoms. The van der Waals surface area contributed by atoms with Crippen LogP contribution in [0.5, 0.6) is 0 Å². The molecule has 0 aromatic heterocycles. The number of rotatable bonds is 3. The molecule has 0 saturated heterocycles. The van der Waals surface area contributed by atoms with Crippen molar-refractivity contribution in [3.63, 3.8) is 0 Å². The molecule has 1 aliphatic rings. The van der Waals surface area contributed by atoms with Crippen molar-refractivity contribution in [3.8, 4) is 0 Å². The highest BCUT2D eigenvalue weighted by Gasteiger charge is 2.22. The van der Waals surface area contributed by atoms with Crippen molar-refractivity contribution in [1.82, 2.24) is 0 Å². The Balaban J connectivity index is 2.04. The topological polar surface area (TPSA) is 26.0 Å². The summed E-state index contributed by atoms with van der Waals surface area (Å²) < 4.78 is 13.6. The average Bonchev–Trinajstić information content (AvgIpc) is 2.35. The van der Waals surface area contributed by atoms with Crippen LogP contribution in [0.1, 0.15) is 37.7 Å². The lowest BCUT2D eigenvalue weighted by Crippen LogP contribution is -2.34. The van der Waals surface area contributed by atoms with Gasteiger partial charge in [0.2, 0.25) is 0 Å². The van der Waals surface area contributed by atoms with Crippen LogP contribution in [-0.4, -0.2) is 6.04 Å². The molecule has 0 radical (unpaired) electrons. The van der Waals surface area contributed by atoms with Crippen LogP contribution >= 0.6 is 11.6 Å². The Bertz CT molecular complexity index is 354. The molecule has 0 bridgehead atoms. The third kappa shape index (κ3) is 3.20. The highest BCUT2D eigenvalue weighted by Crippen LogP contribution is 2.29. The van der Waals surface area contributed by atoms with Crippen molar-refractivity contribution in [2.75, 3.05) is 0 Å². The molecule has 0 heterocycles. The van der Waals surface area contributed by atoms with Gasteiger partial charge in [0.1, 0.15) is 5.82 Å². The fourth-order valence-electron chi connectivity index (χ4n) is 2.69. The molecule has 1 atom stereocenters. The van der Waals surface area contributed by atoms with Crippen molar-refractivity contribution >= 4 is 11.6 Å². The van der Waals surface area contributed by atoms with Crippen LogP contribution in [0.4, 0.5) is 4.39 Å². The molecule has 0 aliphatic heterocycles. The van der Waals surface area contributed by atoms with Crippen LogP contribution in [0.2, 0.25) is 5.02 Å². The van der Waals surface area contributed by atoms with Crippen molar-refractivity contribution < 1.29 is 4.39 Å². The third-order valence-corrected chi connectivity index (χ3v) is 4.11. The molecule has 0 spiro atoms. The molecule has 1 saturated carbocycles. The Morgan fingerprint density at radius 3 is 2.65 bits per heavy atom. The van der Waals surface area contributed by atoms with Gasteiger partial charge in [0, 0.05) is 16.6 Å². The van der Waals surface area contributed by atoms with Gasteiger partial charge in [-0.1, -0.05) is 36.9 Å². The van der Waals surface area contributed by atoms with E-state index in [0.29, 0.717) is 22.9 Å². The van der Waals surface area contributed by atoms with Gasteiger partial charge >= 0.3 is 0 Å². The fraction of sp³-hybridized carbons (Fsp3) is 0.571. The molecule has 1 nitrogen and oxygen atoms in total. The molecule has 17 heavy (non-hydrogen) atoms. The smallest absolute Gasteiger partial charge is 0.127 e. The van der Waals surface area contributed by atoms with Crippen LogP contribution < -0.4 is 5.73 Å². The van der Waals surface area contributed by atoms with E-state index < -0.39 is 0 Å². The Morgan fingerprint density at radius 1 is 1.29 bits per heavy atom. The number of benzene rings is 1. The summed E-state index contributed by atoms with van der Waals surface area (Å²) in [5, 5.41) is 0.497. The summed E-state index contributed by atoms with van der Waals surface area (Å²) in [6.07, 6.45) is 6.72. The molecular formula is C14H19ClFN. The van der Waals surface area contributed by atoms with Crippen LogP contribution in [-0.2, 0) is 6.42 Å². The second-order valence-electron chi connectivity index (χ2n) is 4.97. The number of nitrogens with two attached hydrogens (primary N) is 1. The molecule has 94 valence electrons. The highest BCUT2D eigenvalue weighted by molar-refractivity contribution is 6.31. The summed E-state index contributed by atoms with van der Waals surface area (Å²) in [5.74, 6) is 0.295. The Labute approximate surface area is 107 Å². The predicted octanol–water partition coefficient (Wildman–Crippen LogP) is 3.93. The van der Waals surface area contributed by atoms with E-state index in [9.17, 15) is 4.39 Å². The zero-order valence-corrected chi connectivity index (χ0v) is 10.7. The number of halogens is 2. The van der Waals surface area contributed by atoms with E-state index in [4.69, 9.17) is 17.3 Å². The second kappa shape index (κ2) is 5.83. The second-order valence-corrected chi connectivity index (χ2v) is 5.37. The van der Waals surface area contributed by atoms with E-state index >= 15 is 0 Å². The van der Waals surface area contributed by atoms with Crippen LogP contribution in [0, 0.1) is 11.7 Å². The van der Waals surface area contributed by atoms with Gasteiger partial charge in [0.15, 0.2) is 0 Å². The lowest BCUT2D eigenvalue weighted by atomic mass is 9.82. The quantitative estimate of drug-likeness (QED) is 0.870. The van der Waals surface area contributed by atoms with Gasteiger partial charge in [0.25, 0.3) is 0 Å². The third-order valence-electron chi connectivity index (χ3n) is 3.76. The zero-order chi connectivity index (χ0) is 12.3. The van der Waals surface area contributed by atoms with E-state index in [1.165, 1.54) is 38.2 Å². The van der Waals surface area contributed by atoms with Gasteiger partial charge in [-0.05, 0) is 37.3 Å². The van der Waals surface area contributed by atoms with Gasteiger partial charge < -0.3 is 5.73 Å². The lowest BCUT2D eigenvalue weighted by Gasteiger charge is -2.27. The Hall–Kier alpha value is -0.600. The molecule has 1 aromatic carbocycles. The van der Waals surface area contributed by atoms with Crippen LogP contribution in [0.15, 0.2) is 18.2 Å². The van der Waals surface area contributed by atoms with Crippen LogP contribution in [0.3, 0.4) is 0 Å². The summed E-state index contributed by atoms with van der Waals surface area (Å²) in [5.41, 5.74) is 6.77. The van der Waals surface area contributed by atoms with Crippen molar-refractivity contribution in [2.45, 2.75) is 44.6 Å². The maximum atomic E-state index is 13.6.